The monoisotopic (exact) mass is 748 g/mol. The number of nitrogens with one attached hydrogen (secondary N) is 1. The van der Waals surface area contributed by atoms with Crippen LogP contribution < -0.4 is 10.1 Å². The number of benzene rings is 4. The molecule has 55 heavy (non-hydrogen) atoms. The van der Waals surface area contributed by atoms with Gasteiger partial charge in [0.2, 0.25) is 5.91 Å². The topological polar surface area (TPSA) is 142 Å². The van der Waals surface area contributed by atoms with Crippen LogP contribution in [-0.2, 0) is 25.7 Å². The first-order chi connectivity index (χ1) is 26.8. The fourth-order valence-corrected chi connectivity index (χ4v) is 6.62. The molecular weight excluding hydrogens is 697 g/mol. The second-order valence-corrected chi connectivity index (χ2v) is 13.8. The van der Waals surface area contributed by atoms with E-state index < -0.39 is 36.5 Å². The number of carbonyl (C=O) groups excluding carboxylic acids is 3. The van der Waals surface area contributed by atoms with Crippen molar-refractivity contribution in [3.63, 3.8) is 0 Å². The van der Waals surface area contributed by atoms with Crippen molar-refractivity contribution in [3.05, 3.63) is 114 Å². The number of fused-ring (bicyclic) bond motifs is 1. The molecule has 3 atom stereocenters. The number of unbranched alkanes of at least 4 members (excludes halogenated alkanes) is 6. The number of Topliss-reactive ketones (excluding diaryl/α,β-unsaturated/α-hetero) is 1. The van der Waals surface area contributed by atoms with Gasteiger partial charge in [-0.2, -0.15) is 0 Å². The van der Waals surface area contributed by atoms with Gasteiger partial charge in [-0.25, -0.2) is 4.68 Å². The van der Waals surface area contributed by atoms with Crippen LogP contribution in [0.15, 0.2) is 103 Å². The van der Waals surface area contributed by atoms with Crippen molar-refractivity contribution < 1.29 is 33.7 Å². The number of anilines is 1. The van der Waals surface area contributed by atoms with E-state index >= 15 is 0 Å². The van der Waals surface area contributed by atoms with E-state index in [1.54, 1.807) is 72.5 Å². The van der Waals surface area contributed by atoms with Crippen LogP contribution in [0, 0.1) is 0 Å². The molecule has 0 saturated carbocycles. The standard InChI is InChI=1S/C44H52N4O7/c1-3-4-5-6-7-8-15-20-36(55-42(51)30-41(50)45-34-18-13-10-14-19-34)26-28-40(53-2)43(44(52)33-16-11-9-12-17-33)48-39-27-25-37(29-38(39)46-47-48)54-31-32-21-23-35(49)24-22-32/h9-14,16-19,21-25,27,29,36,40,43,49H,3-8,15,20,26,28,30-31H2,1-2H3,(H,45,50). The van der Waals surface area contributed by atoms with E-state index in [9.17, 15) is 19.5 Å². The molecule has 3 unspecified atom stereocenters. The summed E-state index contributed by atoms with van der Waals surface area (Å²) in [6.45, 7) is 2.49. The van der Waals surface area contributed by atoms with Gasteiger partial charge in [0.05, 0.1) is 11.6 Å². The van der Waals surface area contributed by atoms with Gasteiger partial charge < -0.3 is 24.6 Å². The van der Waals surface area contributed by atoms with Crippen LogP contribution >= 0.6 is 0 Å². The average Bonchev–Trinajstić information content (AvgIpc) is 3.61. The number of para-hydroxylation sites is 1. The number of ketones is 1. The highest BCUT2D eigenvalue weighted by atomic mass is 16.5. The van der Waals surface area contributed by atoms with E-state index in [0.717, 1.165) is 24.8 Å². The first kappa shape index (κ1) is 40.6. The van der Waals surface area contributed by atoms with Gasteiger partial charge in [-0.1, -0.05) is 111 Å². The number of ether oxygens (including phenoxy) is 3. The summed E-state index contributed by atoms with van der Waals surface area (Å²) in [7, 11) is 1.57. The minimum Gasteiger partial charge on any atom is -0.508 e. The lowest BCUT2D eigenvalue weighted by molar-refractivity contribution is -0.151. The zero-order valence-corrected chi connectivity index (χ0v) is 31.8. The van der Waals surface area contributed by atoms with Gasteiger partial charge in [0.25, 0.3) is 0 Å². The molecule has 0 bridgehead atoms. The number of aromatic hydroxyl groups is 1. The van der Waals surface area contributed by atoms with Crippen molar-refractivity contribution in [2.45, 2.75) is 102 Å². The molecule has 0 aliphatic rings. The zero-order valence-electron chi connectivity index (χ0n) is 31.8. The molecule has 11 nitrogen and oxygen atoms in total. The number of esters is 1. The molecule has 0 fully saturated rings. The van der Waals surface area contributed by atoms with Crippen LogP contribution in [0.3, 0.4) is 0 Å². The minimum absolute atomic E-state index is 0.184. The lowest BCUT2D eigenvalue weighted by atomic mass is 9.94. The number of hydrogen-bond donors (Lipinski definition) is 2. The van der Waals surface area contributed by atoms with Crippen molar-refractivity contribution in [2.75, 3.05) is 12.4 Å². The van der Waals surface area contributed by atoms with Crippen molar-refractivity contribution >= 4 is 34.4 Å². The number of phenolic OH excluding ortho intramolecular Hbond substituents is 1. The Bertz CT molecular complexity index is 1930. The van der Waals surface area contributed by atoms with E-state index in [2.05, 4.69) is 22.6 Å². The number of hydrogen-bond acceptors (Lipinski definition) is 9. The number of rotatable bonds is 23. The van der Waals surface area contributed by atoms with Gasteiger partial charge in [0, 0.05) is 24.4 Å². The molecule has 4 aromatic carbocycles. The van der Waals surface area contributed by atoms with Gasteiger partial charge >= 0.3 is 5.97 Å². The van der Waals surface area contributed by atoms with E-state index in [0.29, 0.717) is 53.9 Å². The van der Waals surface area contributed by atoms with E-state index in [1.165, 1.54) is 25.7 Å². The molecular formula is C44H52N4O7. The fourth-order valence-electron chi connectivity index (χ4n) is 6.62. The molecule has 11 heteroatoms. The second-order valence-electron chi connectivity index (χ2n) is 13.8. The third-order valence-electron chi connectivity index (χ3n) is 9.59. The van der Waals surface area contributed by atoms with E-state index in [1.807, 2.05) is 42.5 Å². The highest BCUT2D eigenvalue weighted by Crippen LogP contribution is 2.30. The molecule has 290 valence electrons. The molecule has 0 aliphatic heterocycles. The Labute approximate surface area is 323 Å². The van der Waals surface area contributed by atoms with Gasteiger partial charge in [-0.3, -0.25) is 14.4 Å². The van der Waals surface area contributed by atoms with E-state index in [-0.39, 0.29) is 11.5 Å². The molecule has 0 aliphatic carbocycles. The first-order valence-electron chi connectivity index (χ1n) is 19.3. The van der Waals surface area contributed by atoms with Crippen LogP contribution in [-0.4, -0.2) is 57.1 Å². The lowest BCUT2D eigenvalue weighted by Gasteiger charge is -2.27. The molecule has 5 aromatic rings. The normalized spacial score (nSPS) is 12.8. The predicted octanol–water partition coefficient (Wildman–Crippen LogP) is 9.02. The molecule has 0 spiro atoms. The van der Waals surface area contributed by atoms with Crippen molar-refractivity contribution in [3.8, 4) is 11.5 Å². The van der Waals surface area contributed by atoms with Gasteiger partial charge in [-0.15, -0.1) is 5.10 Å². The summed E-state index contributed by atoms with van der Waals surface area (Å²) in [5.74, 6) is -0.470. The smallest absolute Gasteiger partial charge is 0.315 e. The quantitative estimate of drug-likeness (QED) is 0.0290. The number of amides is 1. The predicted molar refractivity (Wildman–Crippen MR) is 212 cm³/mol. The Balaban J connectivity index is 1.32. The Morgan fingerprint density at radius 1 is 0.800 bits per heavy atom. The molecule has 0 saturated heterocycles. The molecule has 0 radical (unpaired) electrons. The third kappa shape index (κ3) is 12.5. The number of carbonyl (C=O) groups is 3. The zero-order chi connectivity index (χ0) is 38.8. The lowest BCUT2D eigenvalue weighted by Crippen LogP contribution is -2.35. The average molecular weight is 749 g/mol. The van der Waals surface area contributed by atoms with Crippen LogP contribution in [0.2, 0.25) is 0 Å². The Morgan fingerprint density at radius 3 is 2.20 bits per heavy atom. The highest BCUT2D eigenvalue weighted by molar-refractivity contribution is 6.02. The molecule has 1 amide bonds. The summed E-state index contributed by atoms with van der Waals surface area (Å²) in [5, 5.41) is 21.2. The number of aromatic nitrogens is 3. The Kier molecular flexibility index (Phi) is 15.8. The van der Waals surface area contributed by atoms with Crippen molar-refractivity contribution in [1.29, 1.82) is 0 Å². The SMILES string of the molecule is CCCCCCCCCC(CCC(OC)C(C(=O)c1ccccc1)n1nnc2cc(OCc3ccc(O)cc3)ccc21)OC(=O)CC(=O)Nc1ccccc1. The fraction of sp³-hybridized carbons (Fsp3) is 0.386. The second kappa shape index (κ2) is 21.4. The van der Waals surface area contributed by atoms with Gasteiger partial charge in [0.1, 0.15) is 42.2 Å². The first-order valence-corrected chi connectivity index (χ1v) is 19.3. The minimum atomic E-state index is -0.882. The molecule has 1 heterocycles. The van der Waals surface area contributed by atoms with Crippen LogP contribution in [0.4, 0.5) is 5.69 Å². The Hall–Kier alpha value is -5.55. The summed E-state index contributed by atoms with van der Waals surface area (Å²) in [5.41, 5.74) is 3.18. The summed E-state index contributed by atoms with van der Waals surface area (Å²) >= 11 is 0. The maximum Gasteiger partial charge on any atom is 0.315 e. The summed E-state index contributed by atoms with van der Waals surface area (Å²) in [6.07, 6.45) is 7.68. The molecule has 1 aromatic heterocycles. The summed E-state index contributed by atoms with van der Waals surface area (Å²) < 4.78 is 19.6. The van der Waals surface area contributed by atoms with E-state index in [4.69, 9.17) is 14.2 Å². The summed E-state index contributed by atoms with van der Waals surface area (Å²) in [4.78, 5) is 40.1. The van der Waals surface area contributed by atoms with Crippen LogP contribution in [0.5, 0.6) is 11.5 Å². The number of nitrogens with zero attached hydrogens (tertiary/aromatic N) is 3. The highest BCUT2D eigenvalue weighted by Gasteiger charge is 2.34. The molecule has 2 N–H and O–H groups in total. The van der Waals surface area contributed by atoms with Crippen LogP contribution in [0.1, 0.15) is 99.5 Å². The van der Waals surface area contributed by atoms with Gasteiger partial charge in [0.15, 0.2) is 5.78 Å². The maximum atomic E-state index is 14.3. The van der Waals surface area contributed by atoms with Crippen molar-refractivity contribution in [1.82, 2.24) is 15.0 Å². The number of methoxy groups -OCH3 is 1. The Morgan fingerprint density at radius 2 is 1.49 bits per heavy atom. The van der Waals surface area contributed by atoms with Crippen molar-refractivity contribution in [2.24, 2.45) is 0 Å². The molecule has 5 rings (SSSR count). The van der Waals surface area contributed by atoms with Crippen LogP contribution in [0.25, 0.3) is 11.0 Å². The summed E-state index contributed by atoms with van der Waals surface area (Å²) in [6, 6.07) is 29.3. The largest absolute Gasteiger partial charge is 0.508 e. The third-order valence-corrected chi connectivity index (χ3v) is 9.59. The number of phenols is 1. The van der Waals surface area contributed by atoms with Gasteiger partial charge in [-0.05, 0) is 67.6 Å². The maximum absolute atomic E-state index is 14.3.